The normalized spacial score (nSPS) is 14.6. The first-order valence-corrected chi connectivity index (χ1v) is 9.68. The largest absolute Gasteiger partial charge is 0.336 e. The van der Waals surface area contributed by atoms with Crippen LogP contribution in [-0.2, 0) is 4.79 Å². The Labute approximate surface area is 174 Å². The summed E-state index contributed by atoms with van der Waals surface area (Å²) in [6.07, 6.45) is 2.75. The zero-order valence-electron chi connectivity index (χ0n) is 14.7. The SMILES string of the molecule is O=C(/C=C/c1cc(Br)ccc1F)N1CCN(C(=O)c2ccc(F)cc2Cl)CC1. The molecule has 28 heavy (non-hydrogen) atoms. The number of carbonyl (C=O) groups excluding carboxylic acids is 2. The molecule has 0 spiro atoms. The summed E-state index contributed by atoms with van der Waals surface area (Å²) in [4.78, 5) is 28.0. The molecule has 1 saturated heterocycles. The lowest BCUT2D eigenvalue weighted by Gasteiger charge is -2.34. The Balaban J connectivity index is 1.60. The molecule has 0 saturated carbocycles. The van der Waals surface area contributed by atoms with Gasteiger partial charge in [-0.05, 0) is 42.5 Å². The highest BCUT2D eigenvalue weighted by Crippen LogP contribution is 2.20. The molecule has 2 aromatic carbocycles. The maximum Gasteiger partial charge on any atom is 0.255 e. The third kappa shape index (κ3) is 4.77. The Morgan fingerprint density at radius 3 is 2.36 bits per heavy atom. The molecule has 1 aliphatic rings. The van der Waals surface area contributed by atoms with Crippen molar-refractivity contribution in [3.8, 4) is 0 Å². The van der Waals surface area contributed by atoms with Crippen molar-refractivity contribution in [1.29, 1.82) is 0 Å². The Bertz CT molecular complexity index is 944. The maximum absolute atomic E-state index is 13.7. The Morgan fingerprint density at radius 1 is 1.00 bits per heavy atom. The third-order valence-corrected chi connectivity index (χ3v) is 5.21. The Hall–Kier alpha value is -2.25. The quantitative estimate of drug-likeness (QED) is 0.626. The maximum atomic E-state index is 13.7. The van der Waals surface area contributed by atoms with Crippen LogP contribution >= 0.6 is 27.5 Å². The van der Waals surface area contributed by atoms with Crippen LogP contribution in [0.15, 0.2) is 46.9 Å². The molecule has 0 radical (unpaired) electrons. The predicted octanol–water partition coefficient (Wildman–Crippen LogP) is 4.38. The van der Waals surface area contributed by atoms with Gasteiger partial charge in [0.25, 0.3) is 5.91 Å². The summed E-state index contributed by atoms with van der Waals surface area (Å²) in [5.41, 5.74) is 0.537. The second-order valence-electron chi connectivity index (χ2n) is 6.24. The molecular formula is C20H16BrClF2N2O2. The van der Waals surface area contributed by atoms with Gasteiger partial charge >= 0.3 is 0 Å². The number of benzene rings is 2. The zero-order valence-corrected chi connectivity index (χ0v) is 17.0. The van der Waals surface area contributed by atoms with Crippen molar-refractivity contribution in [3.05, 3.63) is 74.7 Å². The van der Waals surface area contributed by atoms with Gasteiger partial charge in [-0.1, -0.05) is 27.5 Å². The topological polar surface area (TPSA) is 40.6 Å². The number of rotatable bonds is 3. The molecule has 0 aliphatic carbocycles. The van der Waals surface area contributed by atoms with E-state index in [0.29, 0.717) is 36.2 Å². The first-order chi connectivity index (χ1) is 13.3. The Kier molecular flexibility index (Phi) is 6.46. The van der Waals surface area contributed by atoms with E-state index in [1.54, 1.807) is 21.9 Å². The lowest BCUT2D eigenvalue weighted by atomic mass is 10.1. The molecule has 1 heterocycles. The van der Waals surface area contributed by atoms with Gasteiger partial charge in [0.15, 0.2) is 0 Å². The number of halogens is 4. The van der Waals surface area contributed by atoms with Crippen molar-refractivity contribution < 1.29 is 18.4 Å². The van der Waals surface area contributed by atoms with Crippen LogP contribution in [0.4, 0.5) is 8.78 Å². The van der Waals surface area contributed by atoms with Gasteiger partial charge in [-0.25, -0.2) is 8.78 Å². The summed E-state index contributed by atoms with van der Waals surface area (Å²) in [5.74, 6) is -1.49. The van der Waals surface area contributed by atoms with Crippen molar-refractivity contribution in [2.45, 2.75) is 0 Å². The molecule has 8 heteroatoms. The second kappa shape index (κ2) is 8.84. The average molecular weight is 470 g/mol. The van der Waals surface area contributed by atoms with Gasteiger partial charge in [0.2, 0.25) is 5.91 Å². The summed E-state index contributed by atoms with van der Waals surface area (Å²) >= 11 is 9.22. The van der Waals surface area contributed by atoms with Crippen molar-refractivity contribution in [2.24, 2.45) is 0 Å². The number of hydrogen-bond acceptors (Lipinski definition) is 2. The first kappa shape index (κ1) is 20.5. The molecule has 4 nitrogen and oxygen atoms in total. The third-order valence-electron chi connectivity index (χ3n) is 4.40. The van der Waals surface area contributed by atoms with E-state index in [-0.39, 0.29) is 22.4 Å². The van der Waals surface area contributed by atoms with Crippen molar-refractivity contribution in [2.75, 3.05) is 26.2 Å². The fraction of sp³-hybridized carbons (Fsp3) is 0.200. The molecule has 2 aromatic rings. The van der Waals surface area contributed by atoms with E-state index in [1.807, 2.05) is 0 Å². The van der Waals surface area contributed by atoms with Crippen LogP contribution in [0.1, 0.15) is 15.9 Å². The number of nitrogens with zero attached hydrogens (tertiary/aromatic N) is 2. The van der Waals surface area contributed by atoms with Gasteiger partial charge in [0.1, 0.15) is 11.6 Å². The zero-order chi connectivity index (χ0) is 20.3. The van der Waals surface area contributed by atoms with E-state index in [9.17, 15) is 18.4 Å². The van der Waals surface area contributed by atoms with Crippen LogP contribution in [0.5, 0.6) is 0 Å². The van der Waals surface area contributed by atoms with Crippen LogP contribution in [0.3, 0.4) is 0 Å². The highest BCUT2D eigenvalue weighted by atomic mass is 79.9. The van der Waals surface area contributed by atoms with Crippen molar-refractivity contribution in [3.63, 3.8) is 0 Å². The summed E-state index contributed by atoms with van der Waals surface area (Å²) in [7, 11) is 0. The number of amides is 2. The van der Waals surface area contributed by atoms with Gasteiger partial charge in [-0.2, -0.15) is 0 Å². The molecule has 146 valence electrons. The summed E-state index contributed by atoms with van der Waals surface area (Å²) in [5, 5.41) is 0.0579. The fourth-order valence-corrected chi connectivity index (χ4v) is 3.50. The smallest absolute Gasteiger partial charge is 0.255 e. The number of carbonyl (C=O) groups is 2. The molecule has 0 N–H and O–H groups in total. The Morgan fingerprint density at radius 2 is 1.68 bits per heavy atom. The summed E-state index contributed by atoms with van der Waals surface area (Å²) in [6, 6.07) is 8.12. The standard InChI is InChI=1S/C20H16BrClF2N2O2/c21-14-2-5-18(24)13(11-14)1-6-19(27)25-7-9-26(10-8-25)20(28)16-4-3-15(23)12-17(16)22/h1-6,11-12H,7-10H2/b6-1+. The summed E-state index contributed by atoms with van der Waals surface area (Å²) in [6.45, 7) is 1.35. The van der Waals surface area contributed by atoms with Gasteiger partial charge in [0.05, 0.1) is 10.6 Å². The minimum absolute atomic E-state index is 0.0579. The molecule has 1 fully saturated rings. The monoisotopic (exact) mass is 468 g/mol. The van der Waals surface area contributed by atoms with Gasteiger partial charge in [-0.15, -0.1) is 0 Å². The van der Waals surface area contributed by atoms with Crippen LogP contribution in [0.2, 0.25) is 5.02 Å². The van der Waals surface area contributed by atoms with E-state index in [0.717, 1.165) is 6.07 Å². The van der Waals surface area contributed by atoms with Crippen LogP contribution < -0.4 is 0 Å². The lowest BCUT2D eigenvalue weighted by Crippen LogP contribution is -2.50. The average Bonchev–Trinajstić information content (AvgIpc) is 2.68. The lowest BCUT2D eigenvalue weighted by molar-refractivity contribution is -0.127. The van der Waals surface area contributed by atoms with Crippen LogP contribution in [0, 0.1) is 11.6 Å². The molecule has 0 atom stereocenters. The minimum atomic E-state index is -0.509. The van der Waals surface area contributed by atoms with Crippen LogP contribution in [0.25, 0.3) is 6.08 Å². The first-order valence-electron chi connectivity index (χ1n) is 8.51. The molecule has 0 unspecified atom stereocenters. The summed E-state index contributed by atoms with van der Waals surface area (Å²) < 4.78 is 27.6. The van der Waals surface area contributed by atoms with E-state index in [2.05, 4.69) is 15.9 Å². The van der Waals surface area contributed by atoms with Gasteiger partial charge in [0, 0.05) is 42.3 Å². The highest BCUT2D eigenvalue weighted by Gasteiger charge is 2.25. The van der Waals surface area contributed by atoms with E-state index in [1.165, 1.54) is 30.4 Å². The highest BCUT2D eigenvalue weighted by molar-refractivity contribution is 9.10. The van der Waals surface area contributed by atoms with Crippen LogP contribution in [-0.4, -0.2) is 47.8 Å². The molecule has 2 amide bonds. The van der Waals surface area contributed by atoms with Crippen molar-refractivity contribution >= 4 is 45.4 Å². The molecular weight excluding hydrogens is 454 g/mol. The second-order valence-corrected chi connectivity index (χ2v) is 7.56. The van der Waals surface area contributed by atoms with Gasteiger partial charge in [-0.3, -0.25) is 9.59 Å². The van der Waals surface area contributed by atoms with E-state index >= 15 is 0 Å². The fourth-order valence-electron chi connectivity index (χ4n) is 2.87. The molecule has 0 aromatic heterocycles. The molecule has 1 aliphatic heterocycles. The number of hydrogen-bond donors (Lipinski definition) is 0. The van der Waals surface area contributed by atoms with Crippen molar-refractivity contribution in [1.82, 2.24) is 9.80 Å². The van der Waals surface area contributed by atoms with E-state index < -0.39 is 11.6 Å². The molecule has 0 bridgehead atoms. The van der Waals surface area contributed by atoms with Gasteiger partial charge < -0.3 is 9.80 Å². The predicted molar refractivity (Wildman–Crippen MR) is 107 cm³/mol. The number of piperazine rings is 1. The molecule has 3 rings (SSSR count). The van der Waals surface area contributed by atoms with E-state index in [4.69, 9.17) is 11.6 Å². The minimum Gasteiger partial charge on any atom is -0.336 e.